The van der Waals surface area contributed by atoms with E-state index < -0.39 is 25.3 Å². The van der Waals surface area contributed by atoms with E-state index in [4.69, 9.17) is 4.74 Å². The minimum absolute atomic E-state index is 0.0311. The van der Waals surface area contributed by atoms with Crippen LogP contribution in [0.5, 0.6) is 0 Å². The Morgan fingerprint density at radius 3 is 2.28 bits per heavy atom. The topological polar surface area (TPSA) is 83.8 Å². The van der Waals surface area contributed by atoms with Crippen molar-refractivity contribution in [3.8, 4) is 0 Å². The average molecular weight is 272 g/mol. The summed E-state index contributed by atoms with van der Waals surface area (Å²) in [5.74, 6) is -0.859. The first-order valence-electron chi connectivity index (χ1n) is 5.60. The maximum absolute atomic E-state index is 11.7. The van der Waals surface area contributed by atoms with Gasteiger partial charge in [0.2, 0.25) is 0 Å². The van der Waals surface area contributed by atoms with E-state index in [0.29, 0.717) is 5.56 Å². The van der Waals surface area contributed by atoms with Crippen molar-refractivity contribution in [2.24, 2.45) is 0 Å². The molecule has 0 aliphatic heterocycles. The van der Waals surface area contributed by atoms with E-state index in [-0.39, 0.29) is 6.42 Å². The third kappa shape index (κ3) is 4.61. The largest absolute Gasteiger partial charge is 0.462 e. The minimum Gasteiger partial charge on any atom is -0.462 e. The molecule has 1 aromatic rings. The van der Waals surface area contributed by atoms with E-state index in [1.165, 1.54) is 0 Å². The van der Waals surface area contributed by atoms with Crippen molar-refractivity contribution in [1.82, 2.24) is 0 Å². The Morgan fingerprint density at radius 2 is 1.83 bits per heavy atom. The second kappa shape index (κ2) is 6.14. The molecule has 0 spiro atoms. The molecular weight excluding hydrogens is 255 g/mol. The number of ether oxygens (including phenoxy) is 1. The van der Waals surface area contributed by atoms with Crippen molar-refractivity contribution in [3.05, 3.63) is 35.9 Å². The predicted molar refractivity (Wildman–Crippen MR) is 67.2 cm³/mol. The molecule has 1 atom stereocenters. The van der Waals surface area contributed by atoms with Gasteiger partial charge in [0, 0.05) is 0 Å². The number of hydrogen-bond donors (Lipinski definition) is 2. The van der Waals surface area contributed by atoms with Gasteiger partial charge in [-0.1, -0.05) is 30.3 Å². The van der Waals surface area contributed by atoms with Gasteiger partial charge in [0.1, 0.15) is 0 Å². The quantitative estimate of drug-likeness (QED) is 0.630. The van der Waals surface area contributed by atoms with Crippen molar-refractivity contribution in [2.75, 3.05) is 0 Å². The summed E-state index contributed by atoms with van der Waals surface area (Å²) in [7, 11) is -4.53. The monoisotopic (exact) mass is 272 g/mol. The molecule has 5 nitrogen and oxygen atoms in total. The number of carbonyl (C=O) groups excluding carboxylic acids is 1. The Kier molecular flexibility index (Phi) is 5.08. The number of hydrogen-bond acceptors (Lipinski definition) is 3. The lowest BCUT2D eigenvalue weighted by Gasteiger charge is -2.18. The van der Waals surface area contributed by atoms with E-state index >= 15 is 0 Å². The maximum Gasteiger partial charge on any atom is 0.340 e. The van der Waals surface area contributed by atoms with Gasteiger partial charge in [-0.15, -0.1) is 0 Å². The summed E-state index contributed by atoms with van der Waals surface area (Å²) in [6.45, 7) is 3.27. The first-order valence-corrected chi connectivity index (χ1v) is 7.28. The van der Waals surface area contributed by atoms with Crippen LogP contribution in [0.4, 0.5) is 0 Å². The number of benzene rings is 1. The van der Waals surface area contributed by atoms with Gasteiger partial charge in [-0.3, -0.25) is 9.36 Å². The maximum atomic E-state index is 11.7. The van der Waals surface area contributed by atoms with Gasteiger partial charge in [-0.05, 0) is 25.8 Å². The van der Waals surface area contributed by atoms with Crippen LogP contribution in [0.2, 0.25) is 0 Å². The highest BCUT2D eigenvalue weighted by Gasteiger charge is 2.37. The standard InChI is InChI=1S/C12H17O5P/c1-9(2)17-12(13)11(18(14,15)16)8-10-6-4-3-5-7-10/h3-7,9,11H,8H2,1-2H3,(H2,14,15,16). The zero-order valence-corrected chi connectivity index (χ0v) is 11.2. The molecule has 100 valence electrons. The Balaban J connectivity index is 2.87. The lowest BCUT2D eigenvalue weighted by Crippen LogP contribution is -2.28. The molecule has 0 aromatic heterocycles. The second-order valence-corrected chi connectivity index (χ2v) is 6.08. The zero-order chi connectivity index (χ0) is 13.8. The van der Waals surface area contributed by atoms with E-state index in [1.807, 2.05) is 0 Å². The van der Waals surface area contributed by atoms with Crippen LogP contribution in [-0.2, 0) is 20.5 Å². The highest BCUT2D eigenvalue weighted by molar-refractivity contribution is 7.53. The molecule has 0 saturated carbocycles. The summed E-state index contributed by atoms with van der Waals surface area (Å²) >= 11 is 0. The number of carbonyl (C=O) groups is 1. The van der Waals surface area contributed by atoms with E-state index in [9.17, 15) is 19.1 Å². The fourth-order valence-corrected chi connectivity index (χ4v) is 2.27. The molecular formula is C12H17O5P. The molecule has 0 fully saturated rings. The summed E-state index contributed by atoms with van der Waals surface area (Å²) in [6.07, 6.45) is -0.432. The molecule has 6 heteroatoms. The first-order chi connectivity index (χ1) is 8.30. The van der Waals surface area contributed by atoms with Crippen LogP contribution in [0.1, 0.15) is 19.4 Å². The third-order valence-corrected chi connectivity index (χ3v) is 3.51. The minimum atomic E-state index is -4.53. The fourth-order valence-electron chi connectivity index (χ4n) is 1.49. The van der Waals surface area contributed by atoms with Crippen LogP contribution in [0, 0.1) is 0 Å². The molecule has 0 radical (unpaired) electrons. The van der Waals surface area contributed by atoms with Gasteiger partial charge >= 0.3 is 13.6 Å². The van der Waals surface area contributed by atoms with Gasteiger partial charge in [0.05, 0.1) is 6.10 Å². The fraction of sp³-hybridized carbons (Fsp3) is 0.417. The summed E-state index contributed by atoms with van der Waals surface area (Å²) < 4.78 is 16.2. The Bertz CT molecular complexity index is 437. The second-order valence-electron chi connectivity index (χ2n) is 4.28. The van der Waals surface area contributed by atoms with Gasteiger partial charge in [0.25, 0.3) is 0 Å². The molecule has 0 saturated heterocycles. The van der Waals surface area contributed by atoms with Crippen molar-refractivity contribution < 1.29 is 23.9 Å². The number of rotatable bonds is 5. The highest BCUT2D eigenvalue weighted by Crippen LogP contribution is 2.43. The zero-order valence-electron chi connectivity index (χ0n) is 10.3. The van der Waals surface area contributed by atoms with Gasteiger partial charge < -0.3 is 14.5 Å². The van der Waals surface area contributed by atoms with E-state index in [1.54, 1.807) is 44.2 Å². The van der Waals surface area contributed by atoms with E-state index in [0.717, 1.165) is 0 Å². The summed E-state index contributed by atoms with van der Waals surface area (Å²) in [4.78, 5) is 30.2. The lowest BCUT2D eigenvalue weighted by molar-refractivity contribution is -0.147. The molecule has 0 bridgehead atoms. The van der Waals surface area contributed by atoms with Crippen molar-refractivity contribution in [1.29, 1.82) is 0 Å². The first kappa shape index (κ1) is 14.9. The van der Waals surface area contributed by atoms with Crippen molar-refractivity contribution in [2.45, 2.75) is 32.0 Å². The van der Waals surface area contributed by atoms with Crippen LogP contribution in [0.3, 0.4) is 0 Å². The molecule has 1 unspecified atom stereocenters. The molecule has 0 aliphatic rings. The molecule has 0 aliphatic carbocycles. The molecule has 0 heterocycles. The predicted octanol–water partition coefficient (Wildman–Crippen LogP) is 1.73. The molecule has 1 rings (SSSR count). The van der Waals surface area contributed by atoms with Crippen LogP contribution < -0.4 is 0 Å². The van der Waals surface area contributed by atoms with Crippen molar-refractivity contribution in [3.63, 3.8) is 0 Å². The Hall–Kier alpha value is -1.16. The van der Waals surface area contributed by atoms with Crippen LogP contribution in [0.25, 0.3) is 0 Å². The van der Waals surface area contributed by atoms with Crippen LogP contribution >= 0.6 is 7.60 Å². The summed E-state index contributed by atoms with van der Waals surface area (Å²) in [5.41, 5.74) is -0.756. The number of esters is 1. The summed E-state index contributed by atoms with van der Waals surface area (Å²) in [6, 6.07) is 8.72. The molecule has 2 N–H and O–H groups in total. The van der Waals surface area contributed by atoms with Crippen LogP contribution in [0.15, 0.2) is 30.3 Å². The third-order valence-electron chi connectivity index (χ3n) is 2.30. The highest BCUT2D eigenvalue weighted by atomic mass is 31.2. The van der Waals surface area contributed by atoms with Crippen molar-refractivity contribution >= 4 is 13.6 Å². The van der Waals surface area contributed by atoms with Gasteiger partial charge in [-0.2, -0.15) is 0 Å². The molecule has 18 heavy (non-hydrogen) atoms. The smallest absolute Gasteiger partial charge is 0.340 e. The normalized spacial score (nSPS) is 13.4. The lowest BCUT2D eigenvalue weighted by atomic mass is 10.1. The van der Waals surface area contributed by atoms with Gasteiger partial charge in [-0.25, -0.2) is 0 Å². The molecule has 1 aromatic carbocycles. The van der Waals surface area contributed by atoms with Gasteiger partial charge in [0.15, 0.2) is 5.66 Å². The molecule has 0 amide bonds. The van der Waals surface area contributed by atoms with Crippen LogP contribution in [-0.4, -0.2) is 27.5 Å². The van der Waals surface area contributed by atoms with E-state index in [2.05, 4.69) is 0 Å². The average Bonchev–Trinajstić information content (AvgIpc) is 2.24. The SMILES string of the molecule is CC(C)OC(=O)C(Cc1ccccc1)P(=O)(O)O. The Labute approximate surface area is 106 Å². The summed E-state index contributed by atoms with van der Waals surface area (Å²) in [5, 5.41) is 0. The Morgan fingerprint density at radius 1 is 1.28 bits per heavy atom.